The molecule has 0 aliphatic rings. The number of nitrogens with zero attached hydrogens (tertiary/aromatic N) is 1. The maximum atomic E-state index is 3.76. The van der Waals surface area contributed by atoms with Crippen LogP contribution in [0.3, 0.4) is 0 Å². The Kier molecular flexibility index (Phi) is 2.67. The maximum absolute atomic E-state index is 3.76. The molecular weight excluding hydrogens is 237 g/mol. The Labute approximate surface area is 91.0 Å². The Morgan fingerprint density at radius 2 is 2.07 bits per heavy atom. The average Bonchev–Trinajstić information content (AvgIpc) is 2.23. The van der Waals surface area contributed by atoms with Gasteiger partial charge in [0.05, 0.1) is 0 Å². The minimum atomic E-state index is 0.848. The summed E-state index contributed by atoms with van der Waals surface area (Å²) in [7, 11) is 0. The second-order valence-electron chi connectivity index (χ2n) is 3.14. The molecule has 70 valence electrons. The predicted octanol–water partition coefficient (Wildman–Crippen LogP) is 2.53. The van der Waals surface area contributed by atoms with E-state index < -0.39 is 0 Å². The number of pyridine rings is 1. The molecule has 0 atom stereocenters. The Morgan fingerprint density at radius 1 is 1.29 bits per heavy atom. The van der Waals surface area contributed by atoms with Gasteiger partial charge in [0.25, 0.3) is 0 Å². The van der Waals surface area contributed by atoms with Crippen LogP contribution in [0.25, 0.3) is 10.9 Å². The van der Waals surface area contributed by atoms with Crippen LogP contribution in [0, 0.1) is 4.06 Å². The Bertz CT molecular complexity index is 525. The standard InChI is InChI=1S/C12H11NSe/c1-2-8-13-9-7-12(14)10-5-3-4-6-11(10)13/h2-7,9H,1,8H2. The van der Waals surface area contributed by atoms with E-state index in [-0.39, 0.29) is 0 Å². The van der Waals surface area contributed by atoms with Crippen molar-refractivity contribution in [2.75, 3.05) is 0 Å². The molecule has 1 aromatic carbocycles. The van der Waals surface area contributed by atoms with E-state index in [1.807, 2.05) is 6.08 Å². The number of hydrogen-bond acceptors (Lipinski definition) is 0. The van der Waals surface area contributed by atoms with Gasteiger partial charge in [0.15, 0.2) is 0 Å². The van der Waals surface area contributed by atoms with Crippen LogP contribution in [-0.2, 0) is 6.54 Å². The normalized spacial score (nSPS) is 10.3. The van der Waals surface area contributed by atoms with Crippen LogP contribution in [0.1, 0.15) is 0 Å². The fourth-order valence-electron chi connectivity index (χ4n) is 1.56. The van der Waals surface area contributed by atoms with E-state index >= 15 is 0 Å². The summed E-state index contributed by atoms with van der Waals surface area (Å²) in [6.07, 6.45) is 3.99. The molecule has 0 saturated heterocycles. The van der Waals surface area contributed by atoms with Gasteiger partial charge in [-0.05, 0) is 0 Å². The Morgan fingerprint density at radius 3 is 2.86 bits per heavy atom. The third-order valence-electron chi connectivity index (χ3n) is 2.21. The van der Waals surface area contributed by atoms with E-state index in [0.29, 0.717) is 0 Å². The van der Waals surface area contributed by atoms with Crippen LogP contribution in [0.5, 0.6) is 0 Å². The Balaban J connectivity index is 2.81. The van der Waals surface area contributed by atoms with Crippen LogP contribution in [0.2, 0.25) is 0 Å². The molecule has 0 aliphatic carbocycles. The van der Waals surface area contributed by atoms with Crippen LogP contribution in [0.4, 0.5) is 0 Å². The summed E-state index contributed by atoms with van der Waals surface area (Å²) in [4.78, 5) is 0. The Hall–Kier alpha value is -1.11. The molecule has 0 fully saturated rings. The van der Waals surface area contributed by atoms with Crippen LogP contribution < -0.4 is 0 Å². The predicted molar refractivity (Wildman–Crippen MR) is 61.1 cm³/mol. The van der Waals surface area contributed by atoms with Crippen LogP contribution in [0.15, 0.2) is 49.2 Å². The van der Waals surface area contributed by atoms with Crippen molar-refractivity contribution in [2.45, 2.75) is 6.54 Å². The van der Waals surface area contributed by atoms with Crippen molar-refractivity contribution in [1.82, 2.24) is 4.57 Å². The molecule has 1 nitrogen and oxygen atoms in total. The number of rotatable bonds is 2. The fourth-order valence-corrected chi connectivity index (χ4v) is 2.05. The summed E-state index contributed by atoms with van der Waals surface area (Å²) in [5.74, 6) is 0. The number of fused-ring (bicyclic) bond motifs is 1. The van der Waals surface area contributed by atoms with Crippen LogP contribution >= 0.6 is 0 Å². The summed E-state index contributed by atoms with van der Waals surface area (Å²) in [5, 5.41) is 1.26. The molecule has 2 aromatic rings. The first-order chi connectivity index (χ1) is 6.83. The molecule has 0 N–H and O–H groups in total. The second-order valence-corrected chi connectivity index (χ2v) is 4.06. The number of hydrogen-bond donors (Lipinski definition) is 0. The molecule has 1 aromatic heterocycles. The molecule has 0 bridgehead atoms. The summed E-state index contributed by atoms with van der Waals surface area (Å²) < 4.78 is 3.38. The summed E-state index contributed by atoms with van der Waals surface area (Å²) in [5.41, 5.74) is 1.24. The topological polar surface area (TPSA) is 4.93 Å². The van der Waals surface area contributed by atoms with Crippen molar-refractivity contribution < 1.29 is 0 Å². The second kappa shape index (κ2) is 3.95. The molecular formula is C12H11NSe. The minimum absolute atomic E-state index is 0.848. The van der Waals surface area contributed by atoms with Crippen molar-refractivity contribution in [2.24, 2.45) is 0 Å². The van der Waals surface area contributed by atoms with Gasteiger partial charge < -0.3 is 0 Å². The zero-order valence-electron chi connectivity index (χ0n) is 7.81. The van der Waals surface area contributed by atoms with Crippen molar-refractivity contribution in [1.29, 1.82) is 0 Å². The van der Waals surface area contributed by atoms with Gasteiger partial charge in [-0.1, -0.05) is 0 Å². The first-order valence-corrected chi connectivity index (χ1v) is 5.37. The van der Waals surface area contributed by atoms with Crippen molar-refractivity contribution >= 4 is 26.5 Å². The molecule has 0 amide bonds. The SMILES string of the molecule is C=CCn1ccc(=[Se])c2ccccc21. The summed E-state index contributed by atoms with van der Waals surface area (Å²) in [6, 6.07) is 10.5. The molecule has 0 unspecified atom stereocenters. The molecule has 0 spiro atoms. The van der Waals surface area contributed by atoms with Gasteiger partial charge in [-0.2, -0.15) is 0 Å². The van der Waals surface area contributed by atoms with Gasteiger partial charge >= 0.3 is 90.8 Å². The number of para-hydroxylation sites is 1. The van der Waals surface area contributed by atoms with Crippen molar-refractivity contribution in [3.05, 3.63) is 53.2 Å². The van der Waals surface area contributed by atoms with E-state index in [0.717, 1.165) is 6.54 Å². The van der Waals surface area contributed by atoms with Gasteiger partial charge in [-0.3, -0.25) is 0 Å². The van der Waals surface area contributed by atoms with Gasteiger partial charge in [0.2, 0.25) is 0 Å². The summed E-state index contributed by atoms with van der Waals surface area (Å²) in [6.45, 7) is 4.60. The van der Waals surface area contributed by atoms with Crippen molar-refractivity contribution in [3.63, 3.8) is 0 Å². The van der Waals surface area contributed by atoms with Crippen LogP contribution in [-0.4, -0.2) is 20.1 Å². The third-order valence-corrected chi connectivity index (χ3v) is 2.96. The molecule has 2 rings (SSSR count). The molecule has 14 heavy (non-hydrogen) atoms. The van der Waals surface area contributed by atoms with Gasteiger partial charge in [-0.25, -0.2) is 0 Å². The van der Waals surface area contributed by atoms with E-state index in [2.05, 4.69) is 63.3 Å². The first kappa shape index (κ1) is 9.44. The van der Waals surface area contributed by atoms with Gasteiger partial charge in [-0.15, -0.1) is 0 Å². The van der Waals surface area contributed by atoms with E-state index in [1.54, 1.807) is 0 Å². The fraction of sp³-hybridized carbons (Fsp3) is 0.0833. The average molecular weight is 248 g/mol. The zero-order valence-corrected chi connectivity index (χ0v) is 9.52. The quantitative estimate of drug-likeness (QED) is 0.568. The summed E-state index contributed by atoms with van der Waals surface area (Å²) >= 11 is 3.08. The van der Waals surface area contributed by atoms with E-state index in [9.17, 15) is 0 Å². The van der Waals surface area contributed by atoms with E-state index in [4.69, 9.17) is 0 Å². The third kappa shape index (κ3) is 1.59. The van der Waals surface area contributed by atoms with Crippen molar-refractivity contribution in [3.8, 4) is 0 Å². The van der Waals surface area contributed by atoms with E-state index in [1.165, 1.54) is 15.0 Å². The number of benzene rings is 1. The van der Waals surface area contributed by atoms with Gasteiger partial charge in [0.1, 0.15) is 0 Å². The molecule has 0 aliphatic heterocycles. The molecule has 0 radical (unpaired) electrons. The first-order valence-electron chi connectivity index (χ1n) is 4.52. The number of aromatic nitrogens is 1. The molecule has 2 heteroatoms. The van der Waals surface area contributed by atoms with Gasteiger partial charge in [0, 0.05) is 0 Å². The molecule has 0 saturated carbocycles. The monoisotopic (exact) mass is 249 g/mol. The molecule has 1 heterocycles. The zero-order chi connectivity index (χ0) is 9.97. The number of allylic oxidation sites excluding steroid dienone is 1.